The molecule has 0 heterocycles. The Morgan fingerprint density at radius 2 is 1.94 bits per heavy atom. The van der Waals surface area contributed by atoms with Crippen molar-refractivity contribution in [3.05, 3.63) is 53.6 Å². The highest BCUT2D eigenvalue weighted by Crippen LogP contribution is 2.54. The van der Waals surface area contributed by atoms with E-state index < -0.39 is 0 Å². The molecule has 2 atom stereocenters. The van der Waals surface area contributed by atoms with Gasteiger partial charge in [-0.1, -0.05) is 48.1 Å². The highest BCUT2D eigenvalue weighted by molar-refractivity contribution is 7.98. The van der Waals surface area contributed by atoms with E-state index in [1.54, 1.807) is 11.1 Å². The third kappa shape index (κ3) is 1.73. The lowest BCUT2D eigenvalue weighted by atomic mass is 9.94. The second kappa shape index (κ2) is 4.14. The molecule has 1 aromatic carbocycles. The first kappa shape index (κ1) is 10.2. The normalized spacial score (nSPS) is 26.8. The predicted molar refractivity (Wildman–Crippen MR) is 72.5 cm³/mol. The molecule has 0 nitrogen and oxygen atoms in total. The average molecular weight is 228 g/mol. The fourth-order valence-electron chi connectivity index (χ4n) is 2.66. The molecule has 1 fully saturated rings. The summed E-state index contributed by atoms with van der Waals surface area (Å²) in [6.45, 7) is 0. The van der Waals surface area contributed by atoms with Gasteiger partial charge < -0.3 is 0 Å². The highest BCUT2D eigenvalue weighted by atomic mass is 32.2. The summed E-state index contributed by atoms with van der Waals surface area (Å²) in [6, 6.07) is 10.8. The smallest absolute Gasteiger partial charge is 0.0146 e. The van der Waals surface area contributed by atoms with Crippen molar-refractivity contribution in [2.45, 2.75) is 6.42 Å². The standard InChI is InChI=1S/C15H16S/c1-16-10-12-7-8-13(15-9-14(12)15)11-5-3-2-4-6-11/h2-8,14-15H,9-10H2,1H3. The van der Waals surface area contributed by atoms with Gasteiger partial charge in [-0.3, -0.25) is 0 Å². The molecule has 0 aromatic heterocycles. The minimum atomic E-state index is 0.814. The second-order valence-corrected chi connectivity index (χ2v) is 5.48. The van der Waals surface area contributed by atoms with Crippen LogP contribution in [-0.4, -0.2) is 12.0 Å². The molecule has 16 heavy (non-hydrogen) atoms. The summed E-state index contributed by atoms with van der Waals surface area (Å²) >= 11 is 1.94. The number of thioether (sulfide) groups is 1. The Morgan fingerprint density at radius 1 is 1.12 bits per heavy atom. The first-order chi connectivity index (χ1) is 7.90. The van der Waals surface area contributed by atoms with Crippen LogP contribution in [0.1, 0.15) is 12.0 Å². The van der Waals surface area contributed by atoms with Gasteiger partial charge in [-0.25, -0.2) is 0 Å². The number of allylic oxidation sites excluding steroid dienone is 3. The molecule has 1 aromatic rings. The molecule has 0 bridgehead atoms. The molecule has 2 aliphatic rings. The number of rotatable bonds is 3. The zero-order valence-electron chi connectivity index (χ0n) is 9.52. The van der Waals surface area contributed by atoms with Gasteiger partial charge in [0.15, 0.2) is 0 Å². The lowest BCUT2D eigenvalue weighted by molar-refractivity contribution is 0.928. The minimum Gasteiger partial charge on any atom is -0.161 e. The van der Waals surface area contributed by atoms with Gasteiger partial charge in [-0.2, -0.15) is 11.8 Å². The third-order valence-corrected chi connectivity index (χ3v) is 4.18. The molecule has 1 saturated carbocycles. The Hall–Kier alpha value is -0.950. The van der Waals surface area contributed by atoms with E-state index in [1.165, 1.54) is 17.7 Å². The van der Waals surface area contributed by atoms with Crippen molar-refractivity contribution >= 4 is 17.3 Å². The molecule has 1 heteroatoms. The van der Waals surface area contributed by atoms with Crippen molar-refractivity contribution in [2.75, 3.05) is 12.0 Å². The summed E-state index contributed by atoms with van der Waals surface area (Å²) in [4.78, 5) is 0. The maximum Gasteiger partial charge on any atom is 0.0146 e. The van der Waals surface area contributed by atoms with Crippen LogP contribution < -0.4 is 0 Å². The van der Waals surface area contributed by atoms with Crippen molar-refractivity contribution < 1.29 is 0 Å². The highest BCUT2D eigenvalue weighted by Gasteiger charge is 2.43. The van der Waals surface area contributed by atoms with Crippen molar-refractivity contribution in [1.82, 2.24) is 0 Å². The lowest BCUT2D eigenvalue weighted by Crippen LogP contribution is -1.99. The van der Waals surface area contributed by atoms with Gasteiger partial charge in [0.05, 0.1) is 0 Å². The van der Waals surface area contributed by atoms with Crippen LogP contribution in [0.15, 0.2) is 48.1 Å². The van der Waals surface area contributed by atoms with Gasteiger partial charge in [-0.05, 0) is 35.6 Å². The van der Waals surface area contributed by atoms with Gasteiger partial charge in [0, 0.05) is 5.75 Å². The van der Waals surface area contributed by atoms with Gasteiger partial charge in [0.2, 0.25) is 0 Å². The Morgan fingerprint density at radius 3 is 2.69 bits per heavy atom. The molecule has 2 aliphatic carbocycles. The molecule has 0 N–H and O–H groups in total. The molecule has 0 aliphatic heterocycles. The van der Waals surface area contributed by atoms with Crippen molar-refractivity contribution in [3.8, 4) is 0 Å². The van der Waals surface area contributed by atoms with E-state index in [4.69, 9.17) is 0 Å². The summed E-state index contributed by atoms with van der Waals surface area (Å²) in [6.07, 6.45) is 8.25. The summed E-state index contributed by atoms with van der Waals surface area (Å²) in [5, 5.41) is 0. The fourth-order valence-corrected chi connectivity index (χ4v) is 3.30. The first-order valence-electron chi connectivity index (χ1n) is 5.85. The molecule has 3 rings (SSSR count). The molecule has 0 amide bonds. The summed E-state index contributed by atoms with van der Waals surface area (Å²) in [7, 11) is 0. The number of fused-ring (bicyclic) bond motifs is 1. The van der Waals surface area contributed by atoms with Crippen LogP contribution in [-0.2, 0) is 0 Å². The van der Waals surface area contributed by atoms with E-state index in [-0.39, 0.29) is 0 Å². The van der Waals surface area contributed by atoms with E-state index >= 15 is 0 Å². The summed E-state index contributed by atoms with van der Waals surface area (Å²) in [5.41, 5.74) is 4.61. The fraction of sp³-hybridized carbons (Fsp3) is 0.333. The van der Waals surface area contributed by atoms with Crippen molar-refractivity contribution in [1.29, 1.82) is 0 Å². The predicted octanol–water partition coefficient (Wildman–Crippen LogP) is 4.01. The molecule has 0 radical (unpaired) electrons. The van der Waals surface area contributed by atoms with Crippen LogP contribution in [0.4, 0.5) is 0 Å². The Labute approximate surface area is 101 Å². The van der Waals surface area contributed by atoms with Gasteiger partial charge in [0.25, 0.3) is 0 Å². The van der Waals surface area contributed by atoms with Crippen LogP contribution in [0.3, 0.4) is 0 Å². The molecular formula is C15H16S. The maximum absolute atomic E-state index is 2.35. The Bertz CT molecular complexity index is 442. The van der Waals surface area contributed by atoms with Crippen molar-refractivity contribution in [2.24, 2.45) is 11.8 Å². The Kier molecular flexibility index (Phi) is 2.64. The lowest BCUT2D eigenvalue weighted by Gasteiger charge is -2.13. The van der Waals surface area contributed by atoms with E-state index in [0.29, 0.717) is 0 Å². The van der Waals surface area contributed by atoms with Gasteiger partial charge in [-0.15, -0.1) is 0 Å². The minimum absolute atomic E-state index is 0.814. The van der Waals surface area contributed by atoms with Crippen molar-refractivity contribution in [3.63, 3.8) is 0 Å². The molecule has 0 saturated heterocycles. The largest absolute Gasteiger partial charge is 0.161 e. The monoisotopic (exact) mass is 228 g/mol. The van der Waals surface area contributed by atoms with Gasteiger partial charge in [0.1, 0.15) is 0 Å². The zero-order chi connectivity index (χ0) is 11.0. The Balaban J connectivity index is 1.89. The second-order valence-electron chi connectivity index (χ2n) is 4.61. The van der Waals surface area contributed by atoms with Crippen LogP contribution >= 0.6 is 11.8 Å². The number of hydrogen-bond donors (Lipinski definition) is 0. The van der Waals surface area contributed by atoms with Crippen LogP contribution in [0.2, 0.25) is 0 Å². The molecule has 2 unspecified atom stereocenters. The average Bonchev–Trinajstić information content (AvgIpc) is 3.11. The third-order valence-electron chi connectivity index (χ3n) is 3.56. The van der Waals surface area contributed by atoms with Crippen LogP contribution in [0, 0.1) is 11.8 Å². The molecule has 82 valence electrons. The molecule has 0 spiro atoms. The van der Waals surface area contributed by atoms with Crippen LogP contribution in [0.5, 0.6) is 0 Å². The van der Waals surface area contributed by atoms with E-state index in [9.17, 15) is 0 Å². The first-order valence-corrected chi connectivity index (χ1v) is 7.24. The number of hydrogen-bond acceptors (Lipinski definition) is 1. The quantitative estimate of drug-likeness (QED) is 0.753. The molecular weight excluding hydrogens is 212 g/mol. The van der Waals surface area contributed by atoms with E-state index in [1.807, 2.05) is 11.8 Å². The SMILES string of the molecule is CSCC1=CC=C(c2ccccc2)C2CC12. The summed E-state index contributed by atoms with van der Waals surface area (Å²) < 4.78 is 0. The topological polar surface area (TPSA) is 0 Å². The van der Waals surface area contributed by atoms with Crippen LogP contribution in [0.25, 0.3) is 5.57 Å². The van der Waals surface area contributed by atoms with E-state index in [0.717, 1.165) is 11.8 Å². The number of benzene rings is 1. The zero-order valence-corrected chi connectivity index (χ0v) is 10.3. The summed E-state index contributed by atoms with van der Waals surface area (Å²) in [5.74, 6) is 2.88. The van der Waals surface area contributed by atoms with Gasteiger partial charge >= 0.3 is 0 Å². The van der Waals surface area contributed by atoms with E-state index in [2.05, 4.69) is 48.7 Å². The maximum atomic E-state index is 2.35.